The largest absolute Gasteiger partial charge is 0.205 e. The van der Waals surface area contributed by atoms with Crippen LogP contribution in [0.2, 0.25) is 0 Å². The van der Waals surface area contributed by atoms with E-state index >= 15 is 0 Å². The quantitative estimate of drug-likeness (QED) is 0.283. The second-order valence-corrected chi connectivity index (χ2v) is 6.74. The first-order chi connectivity index (χ1) is 10.9. The highest BCUT2D eigenvalue weighted by atomic mass is 14.9. The van der Waals surface area contributed by atoms with Gasteiger partial charge in [0.15, 0.2) is 12.4 Å². The Bertz CT molecular complexity index is 359. The molecule has 1 aromatic rings. The summed E-state index contributed by atoms with van der Waals surface area (Å²) in [5, 5.41) is 0. The molecule has 0 bridgehead atoms. The van der Waals surface area contributed by atoms with Crippen LogP contribution in [0.25, 0.3) is 0 Å². The molecule has 0 radical (unpaired) electrons. The first kappa shape index (κ1) is 19.2. The zero-order chi connectivity index (χ0) is 15.9. The van der Waals surface area contributed by atoms with Crippen molar-refractivity contribution < 1.29 is 4.57 Å². The average Bonchev–Trinajstić information content (AvgIpc) is 2.54. The molecule has 22 heavy (non-hydrogen) atoms. The molecule has 0 aliphatic carbocycles. The Labute approximate surface area is 139 Å². The first-order valence-corrected chi connectivity index (χ1v) is 9.84. The molecule has 0 spiro atoms. The Morgan fingerprint density at radius 1 is 0.727 bits per heavy atom. The monoisotopic (exact) mass is 304 g/mol. The summed E-state index contributed by atoms with van der Waals surface area (Å²) >= 11 is 0. The van der Waals surface area contributed by atoms with E-state index < -0.39 is 0 Å². The van der Waals surface area contributed by atoms with Crippen LogP contribution in [0.15, 0.2) is 24.5 Å². The lowest BCUT2D eigenvalue weighted by Gasteiger charge is -2.03. The molecule has 0 aromatic carbocycles. The molecule has 0 N–H and O–H groups in total. The van der Waals surface area contributed by atoms with Gasteiger partial charge in [-0.25, -0.2) is 4.57 Å². The van der Waals surface area contributed by atoms with Gasteiger partial charge in [-0.3, -0.25) is 0 Å². The second kappa shape index (κ2) is 13.8. The van der Waals surface area contributed by atoms with Gasteiger partial charge in [0.25, 0.3) is 0 Å². The smallest absolute Gasteiger partial charge is 0.171 e. The first-order valence-electron chi connectivity index (χ1n) is 9.84. The fraction of sp³-hybridized carbons (Fsp3) is 0.762. The van der Waals surface area contributed by atoms with Gasteiger partial charge >= 0.3 is 0 Å². The highest BCUT2D eigenvalue weighted by Gasteiger charge is 2.02. The lowest BCUT2D eigenvalue weighted by atomic mass is 10.0. The van der Waals surface area contributed by atoms with Crippen molar-refractivity contribution in [1.82, 2.24) is 0 Å². The molecule has 1 rings (SSSR count). The van der Waals surface area contributed by atoms with E-state index in [2.05, 4.69) is 42.9 Å². The van der Waals surface area contributed by atoms with Crippen molar-refractivity contribution in [3.05, 3.63) is 30.1 Å². The number of unbranched alkanes of at least 4 members (excludes halogenated alkanes) is 10. The fourth-order valence-corrected chi connectivity index (χ4v) is 3.05. The van der Waals surface area contributed by atoms with Gasteiger partial charge in [-0.1, -0.05) is 71.6 Å². The van der Waals surface area contributed by atoms with Gasteiger partial charge in [-0.2, -0.15) is 0 Å². The van der Waals surface area contributed by atoms with Crippen LogP contribution in [0.5, 0.6) is 0 Å². The molecule has 0 aliphatic rings. The molecule has 1 aromatic heterocycles. The molecule has 0 saturated carbocycles. The summed E-state index contributed by atoms with van der Waals surface area (Å²) in [6.07, 6.45) is 22.5. The van der Waals surface area contributed by atoms with Crippen molar-refractivity contribution in [2.75, 3.05) is 0 Å². The third-order valence-electron chi connectivity index (χ3n) is 4.51. The molecule has 0 saturated heterocycles. The lowest BCUT2D eigenvalue weighted by Crippen LogP contribution is -2.33. The van der Waals surface area contributed by atoms with Crippen molar-refractivity contribution in [3.63, 3.8) is 0 Å². The van der Waals surface area contributed by atoms with Crippen molar-refractivity contribution in [1.29, 1.82) is 0 Å². The summed E-state index contributed by atoms with van der Waals surface area (Å²) < 4.78 is 2.37. The zero-order valence-electron chi connectivity index (χ0n) is 15.2. The molecular formula is C21H38N+. The number of aryl methyl sites for hydroxylation is 2. The van der Waals surface area contributed by atoms with E-state index in [-0.39, 0.29) is 0 Å². The topological polar surface area (TPSA) is 3.88 Å². The van der Waals surface area contributed by atoms with Crippen LogP contribution in [-0.2, 0) is 13.0 Å². The number of rotatable bonds is 14. The second-order valence-electron chi connectivity index (χ2n) is 6.74. The Balaban J connectivity index is 2.05. The van der Waals surface area contributed by atoms with Gasteiger partial charge in [0.1, 0.15) is 6.54 Å². The van der Waals surface area contributed by atoms with Gasteiger partial charge in [0, 0.05) is 18.1 Å². The fourth-order valence-electron chi connectivity index (χ4n) is 3.05. The van der Waals surface area contributed by atoms with E-state index in [1.54, 1.807) is 0 Å². The van der Waals surface area contributed by atoms with Crippen LogP contribution in [0.1, 0.15) is 96.5 Å². The number of hydrogen-bond donors (Lipinski definition) is 0. The maximum Gasteiger partial charge on any atom is 0.171 e. The average molecular weight is 305 g/mol. The molecule has 0 amide bonds. The van der Waals surface area contributed by atoms with Crippen LogP contribution in [-0.4, -0.2) is 0 Å². The van der Waals surface area contributed by atoms with Crippen LogP contribution in [0.3, 0.4) is 0 Å². The predicted molar refractivity (Wildman–Crippen MR) is 97.1 cm³/mol. The van der Waals surface area contributed by atoms with Gasteiger partial charge < -0.3 is 0 Å². The van der Waals surface area contributed by atoms with Crippen molar-refractivity contribution in [3.8, 4) is 0 Å². The Morgan fingerprint density at radius 2 is 1.32 bits per heavy atom. The maximum absolute atomic E-state index is 2.37. The Morgan fingerprint density at radius 3 is 2.00 bits per heavy atom. The minimum Gasteiger partial charge on any atom is -0.205 e. The summed E-state index contributed by atoms with van der Waals surface area (Å²) in [6, 6.07) is 4.51. The van der Waals surface area contributed by atoms with Crippen molar-refractivity contribution in [2.24, 2.45) is 0 Å². The predicted octanol–water partition coefficient (Wildman–Crippen LogP) is 6.24. The number of hydrogen-bond acceptors (Lipinski definition) is 0. The maximum atomic E-state index is 2.37. The van der Waals surface area contributed by atoms with Crippen LogP contribution < -0.4 is 4.57 Å². The molecule has 126 valence electrons. The number of pyridine rings is 1. The number of aromatic nitrogens is 1. The molecule has 1 heteroatoms. The molecular weight excluding hydrogens is 266 g/mol. The minimum atomic E-state index is 1.18. The Hall–Kier alpha value is -0.850. The summed E-state index contributed by atoms with van der Waals surface area (Å²) in [4.78, 5) is 0. The van der Waals surface area contributed by atoms with E-state index in [4.69, 9.17) is 0 Å². The molecule has 1 nitrogen and oxygen atoms in total. The molecule has 0 atom stereocenters. The SMILES string of the molecule is CCCCCCCCCCCc1ccc[n+](CCCCC)c1. The van der Waals surface area contributed by atoms with Crippen molar-refractivity contribution >= 4 is 0 Å². The zero-order valence-corrected chi connectivity index (χ0v) is 15.2. The van der Waals surface area contributed by atoms with E-state index in [1.807, 2.05) is 0 Å². The summed E-state index contributed by atoms with van der Waals surface area (Å²) in [5.74, 6) is 0. The minimum absolute atomic E-state index is 1.18. The van der Waals surface area contributed by atoms with E-state index in [0.717, 1.165) is 0 Å². The van der Waals surface area contributed by atoms with Gasteiger partial charge in [-0.05, 0) is 25.3 Å². The molecule has 1 heterocycles. The highest BCUT2D eigenvalue weighted by Crippen LogP contribution is 2.11. The lowest BCUT2D eigenvalue weighted by molar-refractivity contribution is -0.697. The van der Waals surface area contributed by atoms with Crippen LogP contribution in [0.4, 0.5) is 0 Å². The molecule has 0 unspecified atom stereocenters. The third-order valence-corrected chi connectivity index (χ3v) is 4.51. The van der Waals surface area contributed by atoms with E-state index in [9.17, 15) is 0 Å². The summed E-state index contributed by atoms with van der Waals surface area (Å²) in [7, 11) is 0. The third kappa shape index (κ3) is 9.97. The van der Waals surface area contributed by atoms with Gasteiger partial charge in [0.05, 0.1) is 0 Å². The summed E-state index contributed by atoms with van der Waals surface area (Å²) in [6.45, 7) is 5.74. The van der Waals surface area contributed by atoms with Gasteiger partial charge in [0.2, 0.25) is 0 Å². The van der Waals surface area contributed by atoms with Crippen LogP contribution in [0, 0.1) is 0 Å². The normalized spacial score (nSPS) is 11.0. The van der Waals surface area contributed by atoms with Gasteiger partial charge in [-0.15, -0.1) is 0 Å². The van der Waals surface area contributed by atoms with Crippen molar-refractivity contribution in [2.45, 2.75) is 104 Å². The molecule has 0 aliphatic heterocycles. The van der Waals surface area contributed by atoms with Crippen LogP contribution >= 0.6 is 0 Å². The summed E-state index contributed by atoms with van der Waals surface area (Å²) in [5.41, 5.74) is 1.52. The highest BCUT2D eigenvalue weighted by molar-refractivity contribution is 5.05. The van der Waals surface area contributed by atoms with E-state index in [1.165, 1.54) is 95.6 Å². The van der Waals surface area contributed by atoms with E-state index in [0.29, 0.717) is 0 Å². The Kier molecular flexibility index (Phi) is 12.0. The standard InChI is InChI=1S/C21H38N/c1-3-5-7-8-9-10-11-12-13-16-21-17-15-19-22(20-21)18-14-6-4-2/h15,17,19-20H,3-14,16,18H2,1-2H3/q+1. The number of nitrogens with zero attached hydrogens (tertiary/aromatic N) is 1. The molecule has 0 fully saturated rings.